The molecule has 0 amide bonds. The Kier molecular flexibility index (Phi) is 2.89. The van der Waals surface area contributed by atoms with Crippen LogP contribution in [0.1, 0.15) is 27.2 Å². The fourth-order valence-electron chi connectivity index (χ4n) is 0.707. The Hall–Kier alpha value is 0.350. The van der Waals surface area contributed by atoms with E-state index in [4.69, 9.17) is 0 Å². The molecule has 0 saturated carbocycles. The van der Waals surface area contributed by atoms with Gasteiger partial charge in [-0.25, -0.2) is 0 Å². The molecule has 49 valence electrons. The minimum Gasteiger partial charge on any atom is -0.176 e. The molecular formula is C7H15S. The Labute approximate surface area is 58.1 Å². The third kappa shape index (κ3) is 6.35. The van der Waals surface area contributed by atoms with Crippen LogP contribution in [-0.2, 0) is 0 Å². The van der Waals surface area contributed by atoms with Crippen LogP contribution in [0, 0.1) is 12.3 Å². The second kappa shape index (κ2) is 2.77. The summed E-state index contributed by atoms with van der Waals surface area (Å²) < 4.78 is 0. The van der Waals surface area contributed by atoms with Gasteiger partial charge in [0.05, 0.1) is 0 Å². The molecule has 0 spiro atoms. The SMILES string of the molecule is [CH2]C(S)CC(C)(C)C. The van der Waals surface area contributed by atoms with E-state index in [-0.39, 0.29) is 5.25 Å². The molecular weight excluding hydrogens is 116 g/mol. The molecule has 0 aliphatic heterocycles. The van der Waals surface area contributed by atoms with E-state index in [9.17, 15) is 0 Å². The zero-order valence-corrected chi connectivity index (χ0v) is 6.83. The lowest BCUT2D eigenvalue weighted by Gasteiger charge is -2.19. The molecule has 1 atom stereocenters. The van der Waals surface area contributed by atoms with Gasteiger partial charge in [-0.05, 0) is 18.8 Å². The van der Waals surface area contributed by atoms with Crippen LogP contribution >= 0.6 is 12.6 Å². The lowest BCUT2D eigenvalue weighted by Crippen LogP contribution is -2.10. The van der Waals surface area contributed by atoms with Gasteiger partial charge in [0.1, 0.15) is 0 Å². The first kappa shape index (κ1) is 8.35. The monoisotopic (exact) mass is 131 g/mol. The van der Waals surface area contributed by atoms with Crippen LogP contribution in [-0.4, -0.2) is 5.25 Å². The summed E-state index contributed by atoms with van der Waals surface area (Å²) in [5, 5.41) is 0.287. The molecule has 0 heterocycles. The smallest absolute Gasteiger partial charge is 0.00221 e. The molecule has 1 heteroatoms. The van der Waals surface area contributed by atoms with Crippen LogP contribution in [0.3, 0.4) is 0 Å². The highest BCUT2D eigenvalue weighted by atomic mass is 32.1. The van der Waals surface area contributed by atoms with E-state index < -0.39 is 0 Å². The van der Waals surface area contributed by atoms with Crippen molar-refractivity contribution in [3.05, 3.63) is 6.92 Å². The van der Waals surface area contributed by atoms with E-state index in [1.165, 1.54) is 0 Å². The van der Waals surface area contributed by atoms with Gasteiger partial charge in [0.15, 0.2) is 0 Å². The van der Waals surface area contributed by atoms with Gasteiger partial charge in [-0.3, -0.25) is 0 Å². The molecule has 0 aromatic heterocycles. The maximum atomic E-state index is 4.18. The lowest BCUT2D eigenvalue weighted by atomic mass is 9.91. The van der Waals surface area contributed by atoms with Gasteiger partial charge in [-0.15, -0.1) is 0 Å². The van der Waals surface area contributed by atoms with E-state index in [1.54, 1.807) is 0 Å². The topological polar surface area (TPSA) is 0 Å². The van der Waals surface area contributed by atoms with Crippen LogP contribution in [0.2, 0.25) is 0 Å². The van der Waals surface area contributed by atoms with Gasteiger partial charge in [0.2, 0.25) is 0 Å². The lowest BCUT2D eigenvalue weighted by molar-refractivity contribution is 0.386. The summed E-state index contributed by atoms with van der Waals surface area (Å²) in [6.07, 6.45) is 1.08. The molecule has 1 radical (unpaired) electrons. The summed E-state index contributed by atoms with van der Waals surface area (Å²) >= 11 is 4.18. The maximum absolute atomic E-state index is 4.18. The van der Waals surface area contributed by atoms with Crippen molar-refractivity contribution in [2.45, 2.75) is 32.4 Å². The highest BCUT2D eigenvalue weighted by molar-refractivity contribution is 7.81. The molecule has 0 aliphatic rings. The predicted molar refractivity (Wildman–Crippen MR) is 42.2 cm³/mol. The van der Waals surface area contributed by atoms with Crippen molar-refractivity contribution >= 4 is 12.6 Å². The van der Waals surface area contributed by atoms with Crippen molar-refractivity contribution in [1.82, 2.24) is 0 Å². The van der Waals surface area contributed by atoms with Crippen LogP contribution in [0.5, 0.6) is 0 Å². The van der Waals surface area contributed by atoms with Crippen molar-refractivity contribution < 1.29 is 0 Å². The van der Waals surface area contributed by atoms with E-state index in [1.807, 2.05) is 0 Å². The van der Waals surface area contributed by atoms with Crippen molar-refractivity contribution in [2.24, 2.45) is 5.41 Å². The standard InChI is InChI=1S/C7H15S/c1-6(8)5-7(2,3)4/h6,8H,1,5H2,2-4H3. The second-order valence-corrected chi connectivity index (χ2v) is 4.15. The normalized spacial score (nSPS) is 16.1. The molecule has 0 aromatic rings. The van der Waals surface area contributed by atoms with E-state index in [2.05, 4.69) is 40.3 Å². The van der Waals surface area contributed by atoms with Crippen LogP contribution in [0.4, 0.5) is 0 Å². The molecule has 0 rings (SSSR count). The zero-order valence-electron chi connectivity index (χ0n) is 5.94. The molecule has 0 nitrogen and oxygen atoms in total. The molecule has 0 saturated heterocycles. The Balaban J connectivity index is 3.39. The molecule has 0 fully saturated rings. The fourth-order valence-corrected chi connectivity index (χ4v) is 1.25. The average Bonchev–Trinajstić information content (AvgIpc) is 1.21. The molecule has 0 aliphatic carbocycles. The van der Waals surface area contributed by atoms with Crippen molar-refractivity contribution in [1.29, 1.82) is 0 Å². The van der Waals surface area contributed by atoms with Gasteiger partial charge in [0, 0.05) is 5.25 Å². The summed E-state index contributed by atoms with van der Waals surface area (Å²) in [5.74, 6) is 0. The summed E-state index contributed by atoms with van der Waals surface area (Å²) in [6.45, 7) is 10.4. The Bertz CT molecular complexity index is 59.3. The second-order valence-electron chi connectivity index (χ2n) is 3.42. The third-order valence-electron chi connectivity index (χ3n) is 0.848. The molecule has 0 bridgehead atoms. The quantitative estimate of drug-likeness (QED) is 0.519. The summed E-state index contributed by atoms with van der Waals surface area (Å²) in [4.78, 5) is 0. The minimum absolute atomic E-state index is 0.287. The van der Waals surface area contributed by atoms with Gasteiger partial charge in [0.25, 0.3) is 0 Å². The van der Waals surface area contributed by atoms with Gasteiger partial charge in [-0.2, -0.15) is 12.6 Å². The zero-order chi connectivity index (χ0) is 6.78. The molecule has 0 aromatic carbocycles. The predicted octanol–water partition coefficient (Wildman–Crippen LogP) is 2.56. The highest BCUT2D eigenvalue weighted by Gasteiger charge is 2.11. The molecule has 1 unspecified atom stereocenters. The van der Waals surface area contributed by atoms with Crippen LogP contribution < -0.4 is 0 Å². The van der Waals surface area contributed by atoms with Gasteiger partial charge in [-0.1, -0.05) is 20.8 Å². The summed E-state index contributed by atoms with van der Waals surface area (Å²) in [7, 11) is 0. The summed E-state index contributed by atoms with van der Waals surface area (Å²) in [6, 6.07) is 0. The van der Waals surface area contributed by atoms with Crippen molar-refractivity contribution in [2.75, 3.05) is 0 Å². The fraction of sp³-hybridized carbons (Fsp3) is 0.857. The van der Waals surface area contributed by atoms with E-state index in [0.29, 0.717) is 5.41 Å². The Morgan fingerprint density at radius 1 is 1.50 bits per heavy atom. The number of hydrogen-bond donors (Lipinski definition) is 1. The Morgan fingerprint density at radius 3 is 1.88 bits per heavy atom. The number of hydrogen-bond acceptors (Lipinski definition) is 1. The first-order chi connectivity index (χ1) is 3.42. The van der Waals surface area contributed by atoms with Crippen LogP contribution in [0.15, 0.2) is 0 Å². The van der Waals surface area contributed by atoms with E-state index in [0.717, 1.165) is 6.42 Å². The van der Waals surface area contributed by atoms with Crippen molar-refractivity contribution in [3.63, 3.8) is 0 Å². The van der Waals surface area contributed by atoms with E-state index >= 15 is 0 Å². The van der Waals surface area contributed by atoms with Crippen LogP contribution in [0.25, 0.3) is 0 Å². The largest absolute Gasteiger partial charge is 0.176 e. The Morgan fingerprint density at radius 2 is 1.88 bits per heavy atom. The minimum atomic E-state index is 0.287. The number of rotatable bonds is 1. The maximum Gasteiger partial charge on any atom is 0.00221 e. The average molecular weight is 131 g/mol. The first-order valence-corrected chi connectivity index (χ1v) is 3.44. The third-order valence-corrected chi connectivity index (χ3v) is 1.03. The summed E-state index contributed by atoms with van der Waals surface area (Å²) in [5.41, 5.74) is 0.383. The first-order valence-electron chi connectivity index (χ1n) is 2.93. The van der Waals surface area contributed by atoms with Crippen molar-refractivity contribution in [3.8, 4) is 0 Å². The molecule has 0 N–H and O–H groups in total. The highest BCUT2D eigenvalue weighted by Crippen LogP contribution is 2.22. The van der Waals surface area contributed by atoms with Gasteiger partial charge >= 0.3 is 0 Å². The van der Waals surface area contributed by atoms with Gasteiger partial charge < -0.3 is 0 Å². The molecule has 8 heavy (non-hydrogen) atoms. The number of thiol groups is 1.